The number of rotatable bonds is 7. The normalized spacial score (nSPS) is 15.0. The Morgan fingerprint density at radius 1 is 1.20 bits per heavy atom. The predicted octanol–water partition coefficient (Wildman–Crippen LogP) is 3.43. The number of anilines is 1. The number of aromatic carboxylic acids is 1. The molecular formula is C21H16BrN2O4S2-. The van der Waals surface area contributed by atoms with E-state index in [9.17, 15) is 19.5 Å². The summed E-state index contributed by atoms with van der Waals surface area (Å²) in [5, 5.41) is 13.4. The molecule has 2 amide bonds. The van der Waals surface area contributed by atoms with Gasteiger partial charge < -0.3 is 15.2 Å². The lowest BCUT2D eigenvalue weighted by Gasteiger charge is -2.14. The maximum Gasteiger partial charge on any atom is 0.266 e. The van der Waals surface area contributed by atoms with E-state index >= 15 is 0 Å². The number of nitrogens with zero attached hydrogens (tertiary/aromatic N) is 1. The minimum absolute atomic E-state index is 0.0401. The molecule has 1 N–H and O–H groups in total. The summed E-state index contributed by atoms with van der Waals surface area (Å²) in [6, 6.07) is 13.3. The van der Waals surface area contributed by atoms with Crippen LogP contribution in [-0.2, 0) is 9.59 Å². The Kier molecular flexibility index (Phi) is 7.41. The van der Waals surface area contributed by atoms with Crippen LogP contribution in [0.25, 0.3) is 6.08 Å². The van der Waals surface area contributed by atoms with Gasteiger partial charge in [-0.05, 0) is 47.9 Å². The van der Waals surface area contributed by atoms with Gasteiger partial charge in [0.1, 0.15) is 4.32 Å². The second kappa shape index (κ2) is 10.0. The first kappa shape index (κ1) is 22.2. The van der Waals surface area contributed by atoms with Gasteiger partial charge in [-0.1, -0.05) is 64.2 Å². The zero-order valence-electron chi connectivity index (χ0n) is 15.6. The lowest BCUT2D eigenvalue weighted by molar-refractivity contribution is -0.255. The molecule has 0 atom stereocenters. The van der Waals surface area contributed by atoms with E-state index in [1.807, 2.05) is 24.3 Å². The minimum atomic E-state index is -1.27. The van der Waals surface area contributed by atoms with E-state index < -0.39 is 5.97 Å². The van der Waals surface area contributed by atoms with E-state index in [1.165, 1.54) is 40.9 Å². The standard InChI is InChI=1S/C21H17BrN2O4S2/c22-15-4-1-3-13(11-15)12-17-19(26)24(21(29)30-17)10-2-5-18(25)23-16-8-6-14(7-9-16)20(27)28/h1,3-4,6-9,11-12H,2,5,10H2,(H,23,25)(H,27,28)/p-1/b17-12+. The van der Waals surface area contributed by atoms with E-state index in [4.69, 9.17) is 12.2 Å². The monoisotopic (exact) mass is 503 g/mol. The first-order valence-corrected chi connectivity index (χ1v) is 11.0. The summed E-state index contributed by atoms with van der Waals surface area (Å²) in [4.78, 5) is 37.6. The summed E-state index contributed by atoms with van der Waals surface area (Å²) in [5.74, 6) is -1.67. The summed E-state index contributed by atoms with van der Waals surface area (Å²) >= 11 is 9.97. The van der Waals surface area contributed by atoms with E-state index in [1.54, 1.807) is 6.08 Å². The van der Waals surface area contributed by atoms with E-state index in [0.29, 0.717) is 27.9 Å². The van der Waals surface area contributed by atoms with Gasteiger partial charge in [-0.15, -0.1) is 0 Å². The molecule has 1 heterocycles. The van der Waals surface area contributed by atoms with Crippen molar-refractivity contribution in [2.45, 2.75) is 12.8 Å². The number of carbonyl (C=O) groups excluding carboxylic acids is 3. The van der Waals surface area contributed by atoms with Crippen LogP contribution in [0.15, 0.2) is 57.9 Å². The zero-order valence-corrected chi connectivity index (χ0v) is 18.8. The van der Waals surface area contributed by atoms with Crippen LogP contribution in [0.3, 0.4) is 0 Å². The summed E-state index contributed by atoms with van der Waals surface area (Å²) in [6.07, 6.45) is 2.44. The molecule has 0 unspecified atom stereocenters. The molecule has 0 spiro atoms. The number of carboxylic acids is 1. The minimum Gasteiger partial charge on any atom is -0.545 e. The largest absolute Gasteiger partial charge is 0.545 e. The maximum absolute atomic E-state index is 12.6. The van der Waals surface area contributed by atoms with Gasteiger partial charge in [-0.3, -0.25) is 14.5 Å². The Bertz CT molecular complexity index is 1040. The number of thiocarbonyl (C=S) groups is 1. The molecule has 0 aromatic heterocycles. The smallest absolute Gasteiger partial charge is 0.266 e. The molecule has 0 saturated carbocycles. The molecule has 1 aliphatic heterocycles. The number of hydrogen-bond donors (Lipinski definition) is 1. The molecule has 2 aromatic carbocycles. The Hall–Kier alpha value is -2.49. The van der Waals surface area contributed by atoms with Gasteiger partial charge in [0.15, 0.2) is 0 Å². The van der Waals surface area contributed by atoms with Gasteiger partial charge in [0.25, 0.3) is 5.91 Å². The summed E-state index contributed by atoms with van der Waals surface area (Å²) in [6.45, 7) is 0.345. The molecule has 1 aliphatic rings. The highest BCUT2D eigenvalue weighted by Gasteiger charge is 2.31. The highest BCUT2D eigenvalue weighted by Crippen LogP contribution is 2.33. The van der Waals surface area contributed by atoms with Crippen LogP contribution >= 0.6 is 39.9 Å². The molecule has 3 rings (SSSR count). The van der Waals surface area contributed by atoms with Gasteiger partial charge in [0, 0.05) is 23.1 Å². The third-order valence-corrected chi connectivity index (χ3v) is 6.08. The molecule has 9 heteroatoms. The topological polar surface area (TPSA) is 89.5 Å². The van der Waals surface area contributed by atoms with Crippen molar-refractivity contribution in [3.8, 4) is 0 Å². The van der Waals surface area contributed by atoms with Crippen molar-refractivity contribution in [3.05, 3.63) is 69.0 Å². The molecule has 1 saturated heterocycles. The number of carboxylic acid groups (broad SMARTS) is 1. The van der Waals surface area contributed by atoms with Crippen molar-refractivity contribution >= 4 is 73.8 Å². The van der Waals surface area contributed by atoms with Gasteiger partial charge in [0.05, 0.1) is 10.9 Å². The number of halogens is 1. The van der Waals surface area contributed by atoms with Crippen molar-refractivity contribution < 1.29 is 19.5 Å². The fourth-order valence-corrected chi connectivity index (χ4v) is 4.48. The van der Waals surface area contributed by atoms with Crippen LogP contribution in [0.2, 0.25) is 0 Å². The molecule has 0 aliphatic carbocycles. The maximum atomic E-state index is 12.6. The Morgan fingerprint density at radius 2 is 1.93 bits per heavy atom. The van der Waals surface area contributed by atoms with E-state index in [0.717, 1.165) is 10.0 Å². The lowest BCUT2D eigenvalue weighted by atomic mass is 10.2. The molecule has 154 valence electrons. The van der Waals surface area contributed by atoms with Crippen LogP contribution in [0.4, 0.5) is 5.69 Å². The van der Waals surface area contributed by atoms with Crippen molar-refractivity contribution in [2.75, 3.05) is 11.9 Å². The average molecular weight is 504 g/mol. The molecule has 2 aromatic rings. The highest BCUT2D eigenvalue weighted by atomic mass is 79.9. The SMILES string of the molecule is O=C(CCCN1C(=O)/C(=C\c2cccc(Br)c2)SC1=S)Nc1ccc(C(=O)[O-])cc1. The average Bonchev–Trinajstić information content (AvgIpc) is 2.95. The Morgan fingerprint density at radius 3 is 2.60 bits per heavy atom. The molecular weight excluding hydrogens is 488 g/mol. The lowest BCUT2D eigenvalue weighted by Crippen LogP contribution is -2.29. The molecule has 1 fully saturated rings. The summed E-state index contributed by atoms with van der Waals surface area (Å²) < 4.78 is 1.39. The first-order valence-electron chi connectivity index (χ1n) is 8.95. The number of nitrogens with one attached hydrogen (secondary N) is 1. The van der Waals surface area contributed by atoms with Crippen LogP contribution < -0.4 is 10.4 Å². The van der Waals surface area contributed by atoms with Crippen molar-refractivity contribution in [3.63, 3.8) is 0 Å². The fraction of sp³-hybridized carbons (Fsp3) is 0.143. The third-order valence-electron chi connectivity index (χ3n) is 4.21. The Balaban J connectivity index is 1.51. The van der Waals surface area contributed by atoms with Crippen molar-refractivity contribution in [1.29, 1.82) is 0 Å². The molecule has 0 bridgehead atoms. The second-order valence-corrected chi connectivity index (χ2v) is 9.00. The van der Waals surface area contributed by atoms with E-state index in [2.05, 4.69) is 21.2 Å². The fourth-order valence-electron chi connectivity index (χ4n) is 2.75. The number of thioether (sulfide) groups is 1. The number of hydrogen-bond acceptors (Lipinski definition) is 6. The number of amides is 2. The van der Waals surface area contributed by atoms with Gasteiger partial charge >= 0.3 is 0 Å². The number of benzene rings is 2. The molecule has 6 nitrogen and oxygen atoms in total. The van der Waals surface area contributed by atoms with Crippen molar-refractivity contribution in [2.24, 2.45) is 0 Å². The van der Waals surface area contributed by atoms with Gasteiger partial charge in [-0.2, -0.15) is 0 Å². The van der Waals surface area contributed by atoms with Crippen LogP contribution in [-0.4, -0.2) is 33.5 Å². The molecule has 30 heavy (non-hydrogen) atoms. The van der Waals surface area contributed by atoms with Crippen molar-refractivity contribution in [1.82, 2.24) is 4.90 Å². The third kappa shape index (κ3) is 5.78. The highest BCUT2D eigenvalue weighted by molar-refractivity contribution is 9.10. The summed E-state index contributed by atoms with van der Waals surface area (Å²) in [5.41, 5.74) is 1.43. The summed E-state index contributed by atoms with van der Waals surface area (Å²) in [7, 11) is 0. The van der Waals surface area contributed by atoms with Crippen LogP contribution in [0, 0.1) is 0 Å². The second-order valence-electron chi connectivity index (χ2n) is 6.40. The van der Waals surface area contributed by atoms with E-state index in [-0.39, 0.29) is 23.8 Å². The van der Waals surface area contributed by atoms with Gasteiger partial charge in [-0.25, -0.2) is 0 Å². The predicted molar refractivity (Wildman–Crippen MR) is 123 cm³/mol. The first-order chi connectivity index (χ1) is 14.3. The number of carbonyl (C=O) groups is 3. The van der Waals surface area contributed by atoms with Crippen LogP contribution in [0.1, 0.15) is 28.8 Å². The van der Waals surface area contributed by atoms with Crippen LogP contribution in [0.5, 0.6) is 0 Å². The molecule has 0 radical (unpaired) electrons. The van der Waals surface area contributed by atoms with Gasteiger partial charge in [0.2, 0.25) is 5.91 Å². The quantitative estimate of drug-likeness (QED) is 0.459. The Labute approximate surface area is 191 Å². The zero-order chi connectivity index (χ0) is 21.7.